The minimum absolute atomic E-state index is 0. The molecule has 0 amide bonds. The number of aliphatic hydroxyl groups is 1. The van der Waals surface area contributed by atoms with E-state index in [4.69, 9.17) is 9.47 Å². The van der Waals surface area contributed by atoms with Crippen LogP contribution in [-0.4, -0.2) is 30.4 Å². The van der Waals surface area contributed by atoms with Gasteiger partial charge in [-0.3, -0.25) is 0 Å². The van der Waals surface area contributed by atoms with Gasteiger partial charge in [0.25, 0.3) is 0 Å². The number of carbonyl (C=O) groups is 1. The van der Waals surface area contributed by atoms with Gasteiger partial charge in [0.05, 0.1) is 0 Å². The van der Waals surface area contributed by atoms with Crippen molar-refractivity contribution in [3.05, 3.63) is 67.3 Å². The van der Waals surface area contributed by atoms with Gasteiger partial charge in [-0.05, 0) is 23.3 Å². The number of carbonyl (C=O) groups excluding carboxylic acids is 1. The SMILES string of the molecule is C.C.C.C.C=CC(=O)OCC(O)COc1ccc(-c2ccccc2)cc1. The smallest absolute Gasteiger partial charge is 0.330 e. The quantitative estimate of drug-likeness (QED) is 0.531. The van der Waals surface area contributed by atoms with Gasteiger partial charge in [-0.15, -0.1) is 0 Å². The second-order valence-corrected chi connectivity index (χ2v) is 4.69. The number of esters is 1. The van der Waals surface area contributed by atoms with Crippen molar-refractivity contribution in [3.8, 4) is 16.9 Å². The predicted molar refractivity (Wildman–Crippen MR) is 111 cm³/mol. The number of hydrogen-bond acceptors (Lipinski definition) is 4. The molecule has 0 aromatic heterocycles. The van der Waals surface area contributed by atoms with Crippen LogP contribution in [0, 0.1) is 0 Å². The fraction of sp³-hybridized carbons (Fsp3) is 0.318. The summed E-state index contributed by atoms with van der Waals surface area (Å²) < 4.78 is 10.2. The van der Waals surface area contributed by atoms with Gasteiger partial charge in [-0.1, -0.05) is 78.8 Å². The molecule has 0 saturated heterocycles. The van der Waals surface area contributed by atoms with Gasteiger partial charge in [0.15, 0.2) is 0 Å². The summed E-state index contributed by atoms with van der Waals surface area (Å²) in [7, 11) is 0. The van der Waals surface area contributed by atoms with Crippen molar-refractivity contribution < 1.29 is 19.4 Å². The molecule has 0 fully saturated rings. The van der Waals surface area contributed by atoms with Crippen LogP contribution in [0.2, 0.25) is 0 Å². The van der Waals surface area contributed by atoms with Gasteiger partial charge in [-0.25, -0.2) is 4.79 Å². The van der Waals surface area contributed by atoms with Crippen molar-refractivity contribution in [2.24, 2.45) is 0 Å². The van der Waals surface area contributed by atoms with E-state index in [0.29, 0.717) is 5.75 Å². The molecule has 2 rings (SSSR count). The Morgan fingerprint density at radius 3 is 2.00 bits per heavy atom. The van der Waals surface area contributed by atoms with E-state index < -0.39 is 12.1 Å². The van der Waals surface area contributed by atoms with Crippen molar-refractivity contribution in [2.45, 2.75) is 35.8 Å². The minimum Gasteiger partial charge on any atom is -0.491 e. The highest BCUT2D eigenvalue weighted by atomic mass is 16.5. The third-order valence-corrected chi connectivity index (χ3v) is 2.99. The van der Waals surface area contributed by atoms with Crippen molar-refractivity contribution in [3.63, 3.8) is 0 Å². The molecule has 2 aromatic carbocycles. The fourth-order valence-electron chi connectivity index (χ4n) is 1.85. The molecule has 0 spiro atoms. The molecule has 1 atom stereocenters. The zero-order valence-electron chi connectivity index (χ0n) is 12.1. The number of rotatable bonds is 7. The van der Waals surface area contributed by atoms with E-state index >= 15 is 0 Å². The van der Waals surface area contributed by atoms with Crippen molar-refractivity contribution in [2.75, 3.05) is 13.2 Å². The molecule has 0 aliphatic rings. The van der Waals surface area contributed by atoms with E-state index in [1.54, 1.807) is 0 Å². The molecule has 1 N–H and O–H groups in total. The van der Waals surface area contributed by atoms with Gasteiger partial charge < -0.3 is 14.6 Å². The first-order chi connectivity index (χ1) is 10.7. The van der Waals surface area contributed by atoms with Crippen molar-refractivity contribution in [1.82, 2.24) is 0 Å². The Hall–Kier alpha value is -2.59. The molecule has 0 aliphatic carbocycles. The maximum absolute atomic E-state index is 10.9. The molecule has 4 heteroatoms. The normalized spacial score (nSPS) is 9.73. The van der Waals surface area contributed by atoms with Crippen LogP contribution in [0.4, 0.5) is 0 Å². The summed E-state index contributed by atoms with van der Waals surface area (Å²) >= 11 is 0. The molecule has 0 radical (unpaired) electrons. The van der Waals surface area contributed by atoms with E-state index in [2.05, 4.69) is 6.58 Å². The largest absolute Gasteiger partial charge is 0.491 e. The van der Waals surface area contributed by atoms with Gasteiger partial charge in [0.1, 0.15) is 25.1 Å². The third-order valence-electron chi connectivity index (χ3n) is 2.99. The first-order valence-corrected chi connectivity index (χ1v) is 6.94. The second kappa shape index (κ2) is 14.7. The summed E-state index contributed by atoms with van der Waals surface area (Å²) in [6.07, 6.45) is 0.174. The average Bonchev–Trinajstić information content (AvgIpc) is 2.59. The Labute approximate surface area is 159 Å². The highest BCUT2D eigenvalue weighted by Gasteiger charge is 2.08. The van der Waals surface area contributed by atoms with Crippen LogP contribution in [-0.2, 0) is 9.53 Å². The van der Waals surface area contributed by atoms with Crippen LogP contribution in [0.15, 0.2) is 67.3 Å². The molecular formula is C22H34O4. The Balaban J connectivity index is -0.00000132. The molecule has 0 bridgehead atoms. The Kier molecular flexibility index (Phi) is 16.0. The van der Waals surface area contributed by atoms with E-state index in [0.717, 1.165) is 17.2 Å². The zero-order chi connectivity index (χ0) is 15.8. The van der Waals surface area contributed by atoms with Crippen LogP contribution in [0.1, 0.15) is 29.7 Å². The summed E-state index contributed by atoms with van der Waals surface area (Å²) in [6, 6.07) is 17.6. The standard InChI is InChI=1S/C18H18O4.4CH4/c1-2-18(20)22-13-16(19)12-21-17-10-8-15(9-11-17)14-6-4-3-5-7-14;;;;/h2-11,16,19H,1,12-13H2;4*1H4. The van der Waals surface area contributed by atoms with Crippen molar-refractivity contribution >= 4 is 5.97 Å². The monoisotopic (exact) mass is 362 g/mol. The topological polar surface area (TPSA) is 55.8 Å². The summed E-state index contributed by atoms with van der Waals surface area (Å²) in [5.41, 5.74) is 2.22. The molecule has 4 nitrogen and oxygen atoms in total. The van der Waals surface area contributed by atoms with Crippen LogP contribution in [0.5, 0.6) is 5.75 Å². The van der Waals surface area contributed by atoms with Gasteiger partial charge in [-0.2, -0.15) is 0 Å². The lowest BCUT2D eigenvalue weighted by Crippen LogP contribution is -2.24. The van der Waals surface area contributed by atoms with Crippen LogP contribution >= 0.6 is 0 Å². The summed E-state index contributed by atoms with van der Waals surface area (Å²) in [4.78, 5) is 10.9. The molecule has 1 unspecified atom stereocenters. The Morgan fingerprint density at radius 2 is 1.46 bits per heavy atom. The van der Waals surface area contributed by atoms with E-state index in [1.807, 2.05) is 54.6 Å². The Morgan fingerprint density at radius 1 is 0.923 bits per heavy atom. The lowest BCUT2D eigenvalue weighted by molar-refractivity contribution is -0.141. The first-order valence-electron chi connectivity index (χ1n) is 6.94. The lowest BCUT2D eigenvalue weighted by atomic mass is 10.1. The lowest BCUT2D eigenvalue weighted by Gasteiger charge is -2.12. The van der Waals surface area contributed by atoms with Crippen LogP contribution in [0.3, 0.4) is 0 Å². The molecule has 0 saturated carbocycles. The summed E-state index contributed by atoms with van der Waals surface area (Å²) in [6.45, 7) is 3.21. The highest BCUT2D eigenvalue weighted by Crippen LogP contribution is 2.22. The van der Waals surface area contributed by atoms with Gasteiger partial charge in [0.2, 0.25) is 0 Å². The number of ether oxygens (including phenoxy) is 2. The van der Waals surface area contributed by atoms with Crippen LogP contribution in [0.25, 0.3) is 11.1 Å². The van der Waals surface area contributed by atoms with Gasteiger partial charge >= 0.3 is 5.97 Å². The van der Waals surface area contributed by atoms with Crippen LogP contribution < -0.4 is 4.74 Å². The zero-order valence-corrected chi connectivity index (χ0v) is 12.1. The molecular weight excluding hydrogens is 328 g/mol. The molecule has 2 aromatic rings. The highest BCUT2D eigenvalue weighted by molar-refractivity contribution is 5.81. The average molecular weight is 363 g/mol. The molecule has 146 valence electrons. The maximum atomic E-state index is 10.9. The molecule has 0 heterocycles. The summed E-state index contributed by atoms with van der Waals surface area (Å²) in [5.74, 6) is 0.0834. The second-order valence-electron chi connectivity index (χ2n) is 4.69. The van der Waals surface area contributed by atoms with E-state index in [1.165, 1.54) is 0 Å². The molecule has 0 aliphatic heterocycles. The minimum atomic E-state index is -0.877. The predicted octanol–water partition coefficient (Wildman–Crippen LogP) is 5.37. The number of hydrogen-bond donors (Lipinski definition) is 1. The van der Waals surface area contributed by atoms with Gasteiger partial charge in [0, 0.05) is 6.08 Å². The summed E-state index contributed by atoms with van der Waals surface area (Å²) in [5, 5.41) is 9.65. The Bertz CT molecular complexity index is 606. The number of benzene rings is 2. The van der Waals surface area contributed by atoms with E-state index in [-0.39, 0.29) is 42.9 Å². The maximum Gasteiger partial charge on any atom is 0.330 e. The third kappa shape index (κ3) is 9.04. The van der Waals surface area contributed by atoms with E-state index in [9.17, 15) is 9.90 Å². The first kappa shape index (κ1) is 28.2. The van der Waals surface area contributed by atoms with Crippen molar-refractivity contribution in [1.29, 1.82) is 0 Å². The number of aliphatic hydroxyl groups excluding tert-OH is 1. The fourth-order valence-corrected chi connectivity index (χ4v) is 1.85. The molecule has 26 heavy (non-hydrogen) atoms.